The summed E-state index contributed by atoms with van der Waals surface area (Å²) in [4.78, 5) is 0. The lowest BCUT2D eigenvalue weighted by molar-refractivity contribution is 0.242. The average Bonchev–Trinajstić information content (AvgIpc) is 2.73. The molecular formula is C16H22ClNO. The molecule has 0 saturated carbocycles. The van der Waals surface area contributed by atoms with Gasteiger partial charge >= 0.3 is 0 Å². The maximum absolute atomic E-state index is 6.18. The number of para-hydroxylation sites is 1. The van der Waals surface area contributed by atoms with Crippen LogP contribution >= 0.6 is 11.6 Å². The Morgan fingerprint density at radius 3 is 2.63 bits per heavy atom. The Morgan fingerprint density at radius 2 is 2.05 bits per heavy atom. The van der Waals surface area contributed by atoms with Crippen LogP contribution in [-0.2, 0) is 0 Å². The summed E-state index contributed by atoms with van der Waals surface area (Å²) in [6.07, 6.45) is 1.10. The summed E-state index contributed by atoms with van der Waals surface area (Å²) in [6.45, 7) is 9.80. The summed E-state index contributed by atoms with van der Waals surface area (Å²) in [5.41, 5.74) is 0.877. The zero-order chi connectivity index (χ0) is 14.0. The fourth-order valence-electron chi connectivity index (χ4n) is 2.31. The molecule has 1 N–H and O–H groups in total. The SMILES string of the molecule is CCCNC(c1cc2cccc(Cl)c2o1)C(C)(C)C. The van der Waals surface area contributed by atoms with Crippen LogP contribution in [-0.4, -0.2) is 6.54 Å². The molecule has 1 heterocycles. The monoisotopic (exact) mass is 279 g/mol. The molecule has 2 nitrogen and oxygen atoms in total. The van der Waals surface area contributed by atoms with Crippen molar-refractivity contribution in [2.45, 2.75) is 40.2 Å². The number of fused-ring (bicyclic) bond motifs is 1. The minimum Gasteiger partial charge on any atom is -0.458 e. The fourth-order valence-corrected chi connectivity index (χ4v) is 2.53. The lowest BCUT2D eigenvalue weighted by Gasteiger charge is -2.30. The second-order valence-electron chi connectivity index (χ2n) is 6.06. The number of hydrogen-bond donors (Lipinski definition) is 1. The van der Waals surface area contributed by atoms with Gasteiger partial charge in [-0.2, -0.15) is 0 Å². The van der Waals surface area contributed by atoms with Gasteiger partial charge in [0.1, 0.15) is 5.76 Å². The van der Waals surface area contributed by atoms with Crippen LogP contribution in [0.3, 0.4) is 0 Å². The third-order valence-corrected chi connectivity index (χ3v) is 3.56. The van der Waals surface area contributed by atoms with Crippen LogP contribution < -0.4 is 5.32 Å². The van der Waals surface area contributed by atoms with E-state index in [-0.39, 0.29) is 11.5 Å². The van der Waals surface area contributed by atoms with Crippen LogP contribution in [0.25, 0.3) is 11.0 Å². The summed E-state index contributed by atoms with van der Waals surface area (Å²) in [5.74, 6) is 0.962. The molecule has 0 saturated heterocycles. The predicted molar refractivity (Wildman–Crippen MR) is 81.7 cm³/mol. The van der Waals surface area contributed by atoms with E-state index in [1.165, 1.54) is 0 Å². The van der Waals surface area contributed by atoms with Crippen molar-refractivity contribution in [3.63, 3.8) is 0 Å². The molecule has 0 aliphatic rings. The zero-order valence-corrected chi connectivity index (χ0v) is 12.8. The standard InChI is InChI=1S/C16H22ClNO/c1-5-9-18-15(16(2,3)4)13-10-11-7-6-8-12(17)14(11)19-13/h6-8,10,15,18H,5,9H2,1-4H3. The fraction of sp³-hybridized carbons (Fsp3) is 0.500. The van der Waals surface area contributed by atoms with E-state index >= 15 is 0 Å². The normalized spacial score (nSPS) is 13.9. The smallest absolute Gasteiger partial charge is 0.152 e. The first-order chi connectivity index (χ1) is 8.93. The number of benzene rings is 1. The second-order valence-corrected chi connectivity index (χ2v) is 6.47. The summed E-state index contributed by atoms with van der Waals surface area (Å²) < 4.78 is 5.99. The number of halogens is 1. The van der Waals surface area contributed by atoms with Crippen LogP contribution in [0, 0.1) is 5.41 Å². The highest BCUT2D eigenvalue weighted by atomic mass is 35.5. The molecule has 0 aliphatic heterocycles. The third kappa shape index (κ3) is 3.13. The zero-order valence-electron chi connectivity index (χ0n) is 12.1. The molecule has 1 atom stereocenters. The summed E-state index contributed by atoms with van der Waals surface area (Å²) in [7, 11) is 0. The van der Waals surface area contributed by atoms with E-state index in [0.717, 1.165) is 29.7 Å². The van der Waals surface area contributed by atoms with Crippen molar-refractivity contribution in [2.24, 2.45) is 5.41 Å². The molecule has 2 rings (SSSR count). The van der Waals surface area contributed by atoms with Crippen molar-refractivity contribution < 1.29 is 4.42 Å². The highest BCUT2D eigenvalue weighted by Crippen LogP contribution is 2.37. The van der Waals surface area contributed by atoms with Gasteiger partial charge in [-0.25, -0.2) is 0 Å². The molecule has 1 aromatic heterocycles. The third-order valence-electron chi connectivity index (χ3n) is 3.26. The van der Waals surface area contributed by atoms with Gasteiger partial charge in [0.15, 0.2) is 5.58 Å². The highest BCUT2D eigenvalue weighted by Gasteiger charge is 2.28. The minimum absolute atomic E-state index is 0.0928. The first-order valence-electron chi connectivity index (χ1n) is 6.85. The Morgan fingerprint density at radius 1 is 1.32 bits per heavy atom. The van der Waals surface area contributed by atoms with E-state index in [1.54, 1.807) is 0 Å². The van der Waals surface area contributed by atoms with E-state index in [4.69, 9.17) is 16.0 Å². The molecule has 0 radical (unpaired) electrons. The van der Waals surface area contributed by atoms with Gasteiger partial charge in [0.2, 0.25) is 0 Å². The second kappa shape index (κ2) is 5.56. The van der Waals surface area contributed by atoms with Gasteiger partial charge in [-0.1, -0.05) is 51.4 Å². The topological polar surface area (TPSA) is 25.2 Å². The summed E-state index contributed by atoms with van der Waals surface area (Å²) >= 11 is 6.18. The van der Waals surface area contributed by atoms with E-state index in [9.17, 15) is 0 Å². The Kier molecular flexibility index (Phi) is 4.22. The van der Waals surface area contributed by atoms with E-state index in [1.807, 2.05) is 18.2 Å². The van der Waals surface area contributed by atoms with Gasteiger partial charge in [0, 0.05) is 5.39 Å². The van der Waals surface area contributed by atoms with E-state index in [2.05, 4.69) is 39.1 Å². The van der Waals surface area contributed by atoms with Gasteiger partial charge in [-0.05, 0) is 30.5 Å². The van der Waals surface area contributed by atoms with Crippen molar-refractivity contribution in [1.82, 2.24) is 5.32 Å². The molecule has 19 heavy (non-hydrogen) atoms. The maximum atomic E-state index is 6.18. The molecule has 0 aliphatic carbocycles. The van der Waals surface area contributed by atoms with Gasteiger partial charge in [0.25, 0.3) is 0 Å². The van der Waals surface area contributed by atoms with Gasteiger partial charge in [0.05, 0.1) is 11.1 Å². The van der Waals surface area contributed by atoms with Crippen LogP contribution in [0.5, 0.6) is 0 Å². The van der Waals surface area contributed by atoms with Gasteiger partial charge in [-0.3, -0.25) is 0 Å². The number of furan rings is 1. The lowest BCUT2D eigenvalue weighted by atomic mass is 9.85. The number of nitrogens with one attached hydrogen (secondary N) is 1. The van der Waals surface area contributed by atoms with Crippen molar-refractivity contribution in [2.75, 3.05) is 6.54 Å². The molecule has 0 spiro atoms. The molecule has 3 heteroatoms. The van der Waals surface area contributed by atoms with Crippen LogP contribution in [0.4, 0.5) is 0 Å². The van der Waals surface area contributed by atoms with E-state index in [0.29, 0.717) is 5.02 Å². The molecule has 1 unspecified atom stereocenters. The number of hydrogen-bond acceptors (Lipinski definition) is 2. The quantitative estimate of drug-likeness (QED) is 0.835. The molecule has 2 aromatic rings. The molecule has 0 amide bonds. The van der Waals surface area contributed by atoms with Crippen molar-refractivity contribution >= 4 is 22.6 Å². The van der Waals surface area contributed by atoms with Crippen molar-refractivity contribution in [1.29, 1.82) is 0 Å². The van der Waals surface area contributed by atoms with Crippen molar-refractivity contribution in [3.8, 4) is 0 Å². The molecule has 0 fully saturated rings. The van der Waals surface area contributed by atoms with Crippen molar-refractivity contribution in [3.05, 3.63) is 35.0 Å². The molecule has 1 aromatic carbocycles. The minimum atomic E-state index is 0.0928. The van der Waals surface area contributed by atoms with Crippen LogP contribution in [0.2, 0.25) is 5.02 Å². The maximum Gasteiger partial charge on any atom is 0.152 e. The van der Waals surface area contributed by atoms with Crippen LogP contribution in [0.1, 0.15) is 45.9 Å². The highest BCUT2D eigenvalue weighted by molar-refractivity contribution is 6.34. The molecule has 104 valence electrons. The lowest BCUT2D eigenvalue weighted by Crippen LogP contribution is -2.32. The Bertz CT molecular complexity index is 553. The Balaban J connectivity index is 2.41. The predicted octanol–water partition coefficient (Wildman–Crippen LogP) is 5.17. The Labute approximate surface area is 120 Å². The van der Waals surface area contributed by atoms with E-state index < -0.39 is 0 Å². The van der Waals surface area contributed by atoms with Gasteiger partial charge in [-0.15, -0.1) is 0 Å². The average molecular weight is 280 g/mol. The largest absolute Gasteiger partial charge is 0.458 e. The molecule has 0 bridgehead atoms. The first-order valence-corrected chi connectivity index (χ1v) is 7.22. The Hall–Kier alpha value is -0.990. The molecular weight excluding hydrogens is 258 g/mol. The van der Waals surface area contributed by atoms with Gasteiger partial charge < -0.3 is 9.73 Å². The number of rotatable bonds is 4. The van der Waals surface area contributed by atoms with Crippen LogP contribution in [0.15, 0.2) is 28.7 Å². The first kappa shape index (κ1) is 14.4. The summed E-state index contributed by atoms with van der Waals surface area (Å²) in [5, 5.41) is 5.31. The summed E-state index contributed by atoms with van der Waals surface area (Å²) in [6, 6.07) is 8.14.